The van der Waals surface area contributed by atoms with Gasteiger partial charge in [-0.15, -0.1) is 0 Å². The molecular weight excluding hydrogens is 462 g/mol. The van der Waals surface area contributed by atoms with Gasteiger partial charge in [-0.1, -0.05) is 61.0 Å². The second-order valence-electron chi connectivity index (χ2n) is 9.85. The van der Waals surface area contributed by atoms with Gasteiger partial charge in [-0.25, -0.2) is 0 Å². The van der Waals surface area contributed by atoms with Crippen LogP contribution in [-0.4, -0.2) is 40.7 Å². The molecule has 0 saturated carbocycles. The van der Waals surface area contributed by atoms with Crippen LogP contribution in [0.5, 0.6) is 0 Å². The molecule has 1 unspecified atom stereocenters. The molecule has 1 N–H and O–H groups in total. The molecule has 0 fully saturated rings. The van der Waals surface area contributed by atoms with Gasteiger partial charge >= 0.3 is 0 Å². The predicted molar refractivity (Wildman–Crippen MR) is 140 cm³/mol. The van der Waals surface area contributed by atoms with E-state index in [-0.39, 0.29) is 30.8 Å². The number of carbonyl (C=O) groups excluding carboxylic acids is 3. The SMILES string of the molecule is CCC(C(=O)NC(C)(C)C)N(Cc1ccccc1Cl)C(=O)CN1C(=O)c2cccc3cccc1c23. The zero-order chi connectivity index (χ0) is 25.3. The van der Waals surface area contributed by atoms with Gasteiger partial charge in [0, 0.05) is 28.1 Å². The molecule has 1 aliphatic heterocycles. The van der Waals surface area contributed by atoms with Crippen molar-refractivity contribution in [3.05, 3.63) is 76.8 Å². The quantitative estimate of drug-likeness (QED) is 0.495. The first-order valence-corrected chi connectivity index (χ1v) is 12.2. The van der Waals surface area contributed by atoms with E-state index in [1.165, 1.54) is 4.90 Å². The van der Waals surface area contributed by atoms with Gasteiger partial charge in [-0.05, 0) is 56.3 Å². The maximum absolute atomic E-state index is 13.8. The molecular formula is C28H30ClN3O3. The average Bonchev–Trinajstić information content (AvgIpc) is 3.07. The minimum atomic E-state index is -0.714. The molecule has 3 aromatic rings. The van der Waals surface area contributed by atoms with E-state index in [1.54, 1.807) is 17.0 Å². The number of nitrogens with zero attached hydrogens (tertiary/aromatic N) is 2. The second kappa shape index (κ2) is 9.70. The molecule has 0 spiro atoms. The van der Waals surface area contributed by atoms with Crippen LogP contribution in [0, 0.1) is 0 Å². The van der Waals surface area contributed by atoms with Crippen molar-refractivity contribution in [3.63, 3.8) is 0 Å². The molecule has 0 saturated heterocycles. The molecule has 7 heteroatoms. The number of nitrogens with one attached hydrogen (secondary N) is 1. The number of rotatable bonds is 7. The highest BCUT2D eigenvalue weighted by Gasteiger charge is 2.35. The number of benzene rings is 3. The maximum Gasteiger partial charge on any atom is 0.259 e. The summed E-state index contributed by atoms with van der Waals surface area (Å²) < 4.78 is 0. The first kappa shape index (κ1) is 24.7. The molecule has 0 aromatic heterocycles. The topological polar surface area (TPSA) is 69.7 Å². The molecule has 4 rings (SSSR count). The van der Waals surface area contributed by atoms with E-state index in [0.29, 0.717) is 22.7 Å². The van der Waals surface area contributed by atoms with Crippen LogP contribution in [0.4, 0.5) is 5.69 Å². The molecule has 3 aromatic carbocycles. The summed E-state index contributed by atoms with van der Waals surface area (Å²) in [4.78, 5) is 43.3. The molecule has 3 amide bonds. The van der Waals surface area contributed by atoms with Gasteiger partial charge in [0.25, 0.3) is 5.91 Å². The van der Waals surface area contributed by atoms with Crippen molar-refractivity contribution >= 4 is 45.8 Å². The largest absolute Gasteiger partial charge is 0.350 e. The van der Waals surface area contributed by atoms with Crippen molar-refractivity contribution in [1.29, 1.82) is 0 Å². The highest BCUT2D eigenvalue weighted by Crippen LogP contribution is 2.37. The van der Waals surface area contributed by atoms with Crippen LogP contribution in [0.25, 0.3) is 10.8 Å². The summed E-state index contributed by atoms with van der Waals surface area (Å²) in [5.74, 6) is -0.771. The Morgan fingerprint density at radius 2 is 1.71 bits per heavy atom. The number of hydrogen-bond donors (Lipinski definition) is 1. The smallest absolute Gasteiger partial charge is 0.259 e. The number of carbonyl (C=O) groups is 3. The predicted octanol–water partition coefficient (Wildman–Crippen LogP) is 5.18. The lowest BCUT2D eigenvalue weighted by Crippen LogP contribution is -2.55. The molecule has 1 heterocycles. The minimum Gasteiger partial charge on any atom is -0.350 e. The minimum absolute atomic E-state index is 0.160. The zero-order valence-corrected chi connectivity index (χ0v) is 21.2. The van der Waals surface area contributed by atoms with Gasteiger partial charge in [0.15, 0.2) is 0 Å². The number of amides is 3. The van der Waals surface area contributed by atoms with Crippen LogP contribution in [-0.2, 0) is 16.1 Å². The summed E-state index contributed by atoms with van der Waals surface area (Å²) in [6.07, 6.45) is 0.419. The summed E-state index contributed by atoms with van der Waals surface area (Å²) in [5.41, 5.74) is 1.58. The lowest BCUT2D eigenvalue weighted by atomic mass is 10.1. The third-order valence-corrected chi connectivity index (χ3v) is 6.49. The van der Waals surface area contributed by atoms with Gasteiger partial charge in [0.05, 0.1) is 5.69 Å². The van der Waals surface area contributed by atoms with E-state index in [2.05, 4.69) is 5.32 Å². The summed E-state index contributed by atoms with van der Waals surface area (Å²) >= 11 is 6.41. The Hall–Kier alpha value is -3.38. The molecule has 0 bridgehead atoms. The van der Waals surface area contributed by atoms with Gasteiger partial charge in [-0.3, -0.25) is 19.3 Å². The fourth-order valence-electron chi connectivity index (χ4n) is 4.54. The highest BCUT2D eigenvalue weighted by molar-refractivity contribution is 6.31. The lowest BCUT2D eigenvalue weighted by Gasteiger charge is -2.34. The van der Waals surface area contributed by atoms with E-state index in [0.717, 1.165) is 16.3 Å². The first-order chi connectivity index (χ1) is 16.6. The average molecular weight is 492 g/mol. The molecule has 1 aliphatic rings. The van der Waals surface area contributed by atoms with Gasteiger partial charge in [0.2, 0.25) is 11.8 Å². The fraction of sp³-hybridized carbons (Fsp3) is 0.321. The normalized spacial score (nSPS) is 13.7. The summed E-state index contributed by atoms with van der Waals surface area (Å²) in [6, 6.07) is 17.8. The van der Waals surface area contributed by atoms with E-state index < -0.39 is 11.6 Å². The molecule has 1 atom stereocenters. The third kappa shape index (κ3) is 5.03. The van der Waals surface area contributed by atoms with E-state index in [9.17, 15) is 14.4 Å². The molecule has 0 radical (unpaired) electrons. The van der Waals surface area contributed by atoms with Crippen molar-refractivity contribution < 1.29 is 14.4 Å². The molecule has 35 heavy (non-hydrogen) atoms. The fourth-order valence-corrected chi connectivity index (χ4v) is 4.74. The summed E-state index contributed by atoms with van der Waals surface area (Å²) in [7, 11) is 0. The molecule has 6 nitrogen and oxygen atoms in total. The lowest BCUT2D eigenvalue weighted by molar-refractivity contribution is -0.141. The van der Waals surface area contributed by atoms with Crippen LogP contribution in [0.2, 0.25) is 5.02 Å². The van der Waals surface area contributed by atoms with Crippen molar-refractivity contribution in [3.8, 4) is 0 Å². The Labute approximate surface area is 210 Å². The van der Waals surface area contributed by atoms with Crippen LogP contribution in [0.1, 0.15) is 50.0 Å². The van der Waals surface area contributed by atoms with Crippen molar-refractivity contribution in [2.45, 2.75) is 52.2 Å². The monoisotopic (exact) mass is 491 g/mol. The van der Waals surface area contributed by atoms with Gasteiger partial charge in [0.1, 0.15) is 12.6 Å². The molecule has 0 aliphatic carbocycles. The summed E-state index contributed by atoms with van der Waals surface area (Å²) in [5, 5.41) is 5.31. The zero-order valence-electron chi connectivity index (χ0n) is 20.5. The van der Waals surface area contributed by atoms with Gasteiger partial charge < -0.3 is 10.2 Å². The van der Waals surface area contributed by atoms with Crippen LogP contribution in [0.3, 0.4) is 0 Å². The van der Waals surface area contributed by atoms with Crippen molar-refractivity contribution in [2.75, 3.05) is 11.4 Å². The third-order valence-electron chi connectivity index (χ3n) is 6.13. The Balaban J connectivity index is 1.67. The van der Waals surface area contributed by atoms with Crippen LogP contribution in [0.15, 0.2) is 60.7 Å². The standard InChI is InChI=1S/C28H30ClN3O3/c1-5-22(26(34)30-28(2,3)4)31(16-19-10-6-7-14-21(19)29)24(33)17-32-23-15-9-12-18-11-8-13-20(25(18)23)27(32)35/h6-15,22H,5,16-17H2,1-4H3,(H,30,34). The number of anilines is 1. The highest BCUT2D eigenvalue weighted by atomic mass is 35.5. The number of hydrogen-bond acceptors (Lipinski definition) is 3. The number of halogens is 1. The Morgan fingerprint density at radius 1 is 1.03 bits per heavy atom. The Morgan fingerprint density at radius 3 is 2.37 bits per heavy atom. The summed E-state index contributed by atoms with van der Waals surface area (Å²) in [6.45, 7) is 7.57. The Kier molecular flexibility index (Phi) is 6.86. The first-order valence-electron chi connectivity index (χ1n) is 11.8. The van der Waals surface area contributed by atoms with Crippen LogP contribution >= 0.6 is 11.6 Å². The van der Waals surface area contributed by atoms with E-state index >= 15 is 0 Å². The van der Waals surface area contributed by atoms with Crippen molar-refractivity contribution in [2.24, 2.45) is 0 Å². The van der Waals surface area contributed by atoms with Crippen LogP contribution < -0.4 is 10.2 Å². The van der Waals surface area contributed by atoms with Crippen molar-refractivity contribution in [1.82, 2.24) is 10.2 Å². The Bertz CT molecular complexity index is 1290. The maximum atomic E-state index is 13.8. The second-order valence-corrected chi connectivity index (χ2v) is 10.3. The van der Waals surface area contributed by atoms with E-state index in [4.69, 9.17) is 11.6 Å². The molecule has 182 valence electrons. The van der Waals surface area contributed by atoms with Gasteiger partial charge in [-0.2, -0.15) is 0 Å². The van der Waals surface area contributed by atoms with E-state index in [1.807, 2.05) is 76.2 Å².